The van der Waals surface area contributed by atoms with Gasteiger partial charge in [0.1, 0.15) is 11.2 Å². The molecule has 0 N–H and O–H groups in total. The summed E-state index contributed by atoms with van der Waals surface area (Å²) in [5.41, 5.74) is 6.47. The van der Waals surface area contributed by atoms with E-state index in [0.29, 0.717) is 5.56 Å². The fourth-order valence-corrected chi connectivity index (χ4v) is 4.27. The summed E-state index contributed by atoms with van der Waals surface area (Å²) in [5, 5.41) is 13.4. The molecular weight excluding hydrogens is 380 g/mol. The lowest BCUT2D eigenvalue weighted by Gasteiger charge is -2.06. The lowest BCUT2D eigenvalue weighted by atomic mass is 10.00. The number of rotatable bonds is 2. The molecule has 4 aromatic carbocycles. The monoisotopic (exact) mass is 396 g/mol. The van der Waals surface area contributed by atoms with E-state index in [0.717, 1.165) is 55.1 Å². The Morgan fingerprint density at radius 3 is 2.45 bits per heavy atom. The van der Waals surface area contributed by atoms with Gasteiger partial charge in [0.15, 0.2) is 0 Å². The summed E-state index contributed by atoms with van der Waals surface area (Å²) in [6, 6.07) is 32.7. The average molecular weight is 396 g/mol. The molecule has 144 valence electrons. The van der Waals surface area contributed by atoms with Crippen molar-refractivity contribution in [1.82, 2.24) is 4.98 Å². The van der Waals surface area contributed by atoms with Crippen molar-refractivity contribution in [3.63, 3.8) is 0 Å². The van der Waals surface area contributed by atoms with Crippen molar-refractivity contribution in [2.45, 2.75) is 0 Å². The summed E-state index contributed by atoms with van der Waals surface area (Å²) in [6.07, 6.45) is 1.79. The van der Waals surface area contributed by atoms with Crippen LogP contribution in [0.3, 0.4) is 0 Å². The zero-order valence-corrected chi connectivity index (χ0v) is 16.5. The topological polar surface area (TPSA) is 49.8 Å². The smallest absolute Gasteiger partial charge is 0.143 e. The standard InChI is InChI=1S/C28H16N2O/c29-17-18-9-11-22-20(15-18)13-14-30-27(22)21-10-12-24-25-8-4-7-23(19-5-2-1-3-6-19)28(25)31-26(24)16-21/h1-16H. The highest BCUT2D eigenvalue weighted by Crippen LogP contribution is 2.38. The van der Waals surface area contributed by atoms with E-state index >= 15 is 0 Å². The number of hydrogen-bond donors (Lipinski definition) is 0. The van der Waals surface area contributed by atoms with E-state index in [2.05, 4.69) is 59.6 Å². The molecule has 0 atom stereocenters. The van der Waals surface area contributed by atoms with Crippen molar-refractivity contribution in [3.8, 4) is 28.5 Å². The first-order valence-corrected chi connectivity index (χ1v) is 10.1. The molecule has 0 aliphatic heterocycles. The number of hydrogen-bond acceptors (Lipinski definition) is 3. The molecule has 0 saturated heterocycles. The van der Waals surface area contributed by atoms with Gasteiger partial charge in [-0.25, -0.2) is 0 Å². The normalized spacial score (nSPS) is 11.2. The number of nitrogens with zero attached hydrogens (tertiary/aromatic N) is 2. The van der Waals surface area contributed by atoms with Gasteiger partial charge in [0.2, 0.25) is 0 Å². The Labute approximate surface area is 178 Å². The minimum absolute atomic E-state index is 0.644. The van der Waals surface area contributed by atoms with E-state index in [9.17, 15) is 5.26 Å². The Bertz CT molecular complexity index is 1640. The molecule has 0 saturated carbocycles. The summed E-state index contributed by atoms with van der Waals surface area (Å²) in [6.45, 7) is 0. The summed E-state index contributed by atoms with van der Waals surface area (Å²) in [5.74, 6) is 0. The van der Waals surface area contributed by atoms with Crippen molar-refractivity contribution in [2.75, 3.05) is 0 Å². The first-order chi connectivity index (χ1) is 15.3. The van der Waals surface area contributed by atoms with Gasteiger partial charge in [0.05, 0.1) is 17.3 Å². The second-order valence-electron chi connectivity index (χ2n) is 7.57. The molecule has 3 nitrogen and oxygen atoms in total. The highest BCUT2D eigenvalue weighted by Gasteiger charge is 2.14. The van der Waals surface area contributed by atoms with Crippen molar-refractivity contribution in [3.05, 3.63) is 103 Å². The van der Waals surface area contributed by atoms with Gasteiger partial charge in [-0.3, -0.25) is 4.98 Å². The average Bonchev–Trinajstić information content (AvgIpc) is 3.21. The van der Waals surface area contributed by atoms with Gasteiger partial charge in [-0.05, 0) is 41.3 Å². The van der Waals surface area contributed by atoms with Crippen LogP contribution in [0.1, 0.15) is 5.56 Å². The number of benzene rings is 4. The molecule has 6 aromatic rings. The third-order valence-electron chi connectivity index (χ3n) is 5.75. The Hall–Kier alpha value is -4.42. The predicted molar refractivity (Wildman–Crippen MR) is 125 cm³/mol. The van der Waals surface area contributed by atoms with Crippen molar-refractivity contribution >= 4 is 32.7 Å². The summed E-state index contributed by atoms with van der Waals surface area (Å²) in [4.78, 5) is 4.63. The number of pyridine rings is 1. The first kappa shape index (κ1) is 17.4. The van der Waals surface area contributed by atoms with Crippen molar-refractivity contribution in [1.29, 1.82) is 5.26 Å². The number of para-hydroxylation sites is 1. The van der Waals surface area contributed by atoms with E-state index < -0.39 is 0 Å². The number of nitriles is 1. The molecule has 0 aliphatic rings. The third-order valence-corrected chi connectivity index (χ3v) is 5.75. The van der Waals surface area contributed by atoms with Crippen LogP contribution in [0.4, 0.5) is 0 Å². The second-order valence-corrected chi connectivity index (χ2v) is 7.57. The van der Waals surface area contributed by atoms with Gasteiger partial charge in [-0.15, -0.1) is 0 Å². The van der Waals surface area contributed by atoms with Crippen LogP contribution in [0.5, 0.6) is 0 Å². The van der Waals surface area contributed by atoms with E-state index in [4.69, 9.17) is 4.42 Å². The van der Waals surface area contributed by atoms with Gasteiger partial charge >= 0.3 is 0 Å². The fourth-order valence-electron chi connectivity index (χ4n) is 4.27. The Balaban J connectivity index is 1.57. The van der Waals surface area contributed by atoms with Crippen LogP contribution in [-0.2, 0) is 0 Å². The molecular formula is C28H16N2O. The Kier molecular flexibility index (Phi) is 3.84. The summed E-state index contributed by atoms with van der Waals surface area (Å²) < 4.78 is 6.38. The minimum atomic E-state index is 0.644. The van der Waals surface area contributed by atoms with Gasteiger partial charge in [0.25, 0.3) is 0 Å². The van der Waals surface area contributed by atoms with Crippen LogP contribution >= 0.6 is 0 Å². The molecule has 0 amide bonds. The number of aromatic nitrogens is 1. The van der Waals surface area contributed by atoms with E-state index in [-0.39, 0.29) is 0 Å². The zero-order chi connectivity index (χ0) is 20.8. The maximum absolute atomic E-state index is 9.20. The van der Waals surface area contributed by atoms with Crippen molar-refractivity contribution in [2.24, 2.45) is 0 Å². The van der Waals surface area contributed by atoms with Gasteiger partial charge in [-0.1, -0.05) is 60.7 Å². The maximum atomic E-state index is 9.20. The molecule has 6 rings (SSSR count). The Morgan fingerprint density at radius 1 is 0.710 bits per heavy atom. The van der Waals surface area contributed by atoms with Crippen LogP contribution < -0.4 is 0 Å². The van der Waals surface area contributed by atoms with Crippen LogP contribution in [0.15, 0.2) is 102 Å². The summed E-state index contributed by atoms with van der Waals surface area (Å²) >= 11 is 0. The molecule has 0 fully saturated rings. The van der Waals surface area contributed by atoms with Gasteiger partial charge in [0, 0.05) is 33.5 Å². The SMILES string of the molecule is N#Cc1ccc2c(-c3ccc4c(c3)oc3c(-c5ccccc5)cccc34)nccc2c1. The zero-order valence-electron chi connectivity index (χ0n) is 16.5. The fraction of sp³-hybridized carbons (Fsp3) is 0. The highest BCUT2D eigenvalue weighted by atomic mass is 16.3. The van der Waals surface area contributed by atoms with Gasteiger partial charge < -0.3 is 4.42 Å². The third kappa shape index (κ3) is 2.78. The lowest BCUT2D eigenvalue weighted by Crippen LogP contribution is -1.87. The maximum Gasteiger partial charge on any atom is 0.143 e. The molecule has 0 spiro atoms. The number of fused-ring (bicyclic) bond motifs is 4. The quantitative estimate of drug-likeness (QED) is 0.308. The molecule has 0 unspecified atom stereocenters. The van der Waals surface area contributed by atoms with E-state index in [1.807, 2.05) is 42.5 Å². The van der Waals surface area contributed by atoms with Crippen LogP contribution in [-0.4, -0.2) is 4.98 Å². The molecule has 0 bridgehead atoms. The molecule has 0 radical (unpaired) electrons. The van der Waals surface area contributed by atoms with Gasteiger partial charge in [-0.2, -0.15) is 5.26 Å². The predicted octanol–water partition coefficient (Wildman–Crippen LogP) is 7.34. The molecule has 31 heavy (non-hydrogen) atoms. The molecule has 0 aliphatic carbocycles. The summed E-state index contributed by atoms with van der Waals surface area (Å²) in [7, 11) is 0. The largest absolute Gasteiger partial charge is 0.455 e. The van der Waals surface area contributed by atoms with Crippen molar-refractivity contribution < 1.29 is 4.42 Å². The lowest BCUT2D eigenvalue weighted by molar-refractivity contribution is 0.670. The van der Waals surface area contributed by atoms with E-state index in [1.165, 1.54) is 0 Å². The Morgan fingerprint density at radius 2 is 1.58 bits per heavy atom. The van der Waals surface area contributed by atoms with E-state index in [1.54, 1.807) is 6.20 Å². The highest BCUT2D eigenvalue weighted by molar-refractivity contribution is 6.10. The minimum Gasteiger partial charge on any atom is -0.455 e. The first-order valence-electron chi connectivity index (χ1n) is 10.1. The number of furan rings is 1. The van der Waals surface area contributed by atoms with Crippen LogP contribution in [0.25, 0.3) is 55.1 Å². The second kappa shape index (κ2) is 6.83. The van der Waals surface area contributed by atoms with Crippen LogP contribution in [0, 0.1) is 11.3 Å². The molecule has 3 heteroatoms. The van der Waals surface area contributed by atoms with Crippen LogP contribution in [0.2, 0.25) is 0 Å². The molecule has 2 aromatic heterocycles. The molecule has 2 heterocycles.